The van der Waals surface area contributed by atoms with Crippen LogP contribution in [0.5, 0.6) is 5.75 Å². The van der Waals surface area contributed by atoms with Gasteiger partial charge in [0, 0.05) is 24.7 Å². The largest absolute Gasteiger partial charge is 0.497 e. The van der Waals surface area contributed by atoms with E-state index in [2.05, 4.69) is 5.32 Å². The molecule has 0 aliphatic heterocycles. The van der Waals surface area contributed by atoms with Crippen LogP contribution in [-0.4, -0.2) is 62.2 Å². The Bertz CT molecular complexity index is 1150. The SMILES string of the molecule is CC[C@H](C(=O)NC1CCCC1)N(Cc1cccc(OC)c1)C(=O)CN(C)S(=O)(=O)c1ccc(Cl)cc1. The summed E-state index contributed by atoms with van der Waals surface area (Å²) in [7, 11) is -1.02. The van der Waals surface area contributed by atoms with Gasteiger partial charge in [-0.15, -0.1) is 0 Å². The summed E-state index contributed by atoms with van der Waals surface area (Å²) >= 11 is 5.89. The molecule has 2 amide bonds. The molecule has 2 aromatic rings. The number of hydrogen-bond acceptors (Lipinski definition) is 5. The first-order chi connectivity index (χ1) is 17.1. The van der Waals surface area contributed by atoms with Crippen molar-refractivity contribution in [3.05, 3.63) is 59.1 Å². The molecule has 1 N–H and O–H groups in total. The van der Waals surface area contributed by atoms with Gasteiger partial charge in [-0.1, -0.05) is 43.5 Å². The van der Waals surface area contributed by atoms with Gasteiger partial charge in [0.1, 0.15) is 11.8 Å². The van der Waals surface area contributed by atoms with E-state index in [0.29, 0.717) is 17.2 Å². The number of amides is 2. The minimum Gasteiger partial charge on any atom is -0.497 e. The molecule has 0 radical (unpaired) electrons. The van der Waals surface area contributed by atoms with Gasteiger partial charge in [0.25, 0.3) is 0 Å². The lowest BCUT2D eigenvalue weighted by molar-refractivity contribution is -0.141. The quantitative estimate of drug-likeness (QED) is 0.471. The van der Waals surface area contributed by atoms with Crippen LogP contribution in [0.15, 0.2) is 53.4 Å². The number of nitrogens with zero attached hydrogens (tertiary/aromatic N) is 2. The number of rotatable bonds is 11. The van der Waals surface area contributed by atoms with E-state index < -0.39 is 28.5 Å². The highest BCUT2D eigenvalue weighted by Gasteiger charge is 2.33. The number of hydrogen-bond donors (Lipinski definition) is 1. The third kappa shape index (κ3) is 6.99. The maximum absolute atomic E-state index is 13.6. The van der Waals surface area contributed by atoms with Crippen LogP contribution in [-0.2, 0) is 26.2 Å². The van der Waals surface area contributed by atoms with Gasteiger partial charge in [0.2, 0.25) is 21.8 Å². The lowest BCUT2D eigenvalue weighted by Crippen LogP contribution is -2.53. The van der Waals surface area contributed by atoms with E-state index in [1.807, 2.05) is 19.1 Å². The first-order valence-electron chi connectivity index (χ1n) is 12.1. The normalized spacial score (nSPS) is 15.0. The molecular weight excluding hydrogens is 502 g/mol. The molecule has 1 saturated carbocycles. The fourth-order valence-corrected chi connectivity index (χ4v) is 5.65. The van der Waals surface area contributed by atoms with Crippen molar-refractivity contribution in [3.8, 4) is 5.75 Å². The smallest absolute Gasteiger partial charge is 0.243 e. The summed E-state index contributed by atoms with van der Waals surface area (Å²) < 4.78 is 32.4. The Balaban J connectivity index is 1.85. The molecular formula is C26H34ClN3O5S. The second-order valence-corrected chi connectivity index (χ2v) is 11.5. The number of nitrogens with one attached hydrogen (secondary N) is 1. The van der Waals surface area contributed by atoms with Gasteiger partial charge in [0.15, 0.2) is 0 Å². The van der Waals surface area contributed by atoms with Crippen molar-refractivity contribution in [2.24, 2.45) is 0 Å². The Hall–Kier alpha value is -2.62. The molecule has 1 aliphatic rings. The second-order valence-electron chi connectivity index (χ2n) is 9.00. The van der Waals surface area contributed by atoms with Crippen LogP contribution < -0.4 is 10.1 Å². The molecule has 1 atom stereocenters. The molecule has 10 heteroatoms. The summed E-state index contributed by atoms with van der Waals surface area (Å²) in [4.78, 5) is 28.3. The zero-order valence-electron chi connectivity index (χ0n) is 20.9. The molecule has 0 spiro atoms. The molecule has 8 nitrogen and oxygen atoms in total. The minimum absolute atomic E-state index is 0.0348. The van der Waals surface area contributed by atoms with Crippen LogP contribution in [0.3, 0.4) is 0 Å². The van der Waals surface area contributed by atoms with E-state index in [1.54, 1.807) is 19.2 Å². The summed E-state index contributed by atoms with van der Waals surface area (Å²) in [6.07, 6.45) is 4.38. The molecule has 3 rings (SSSR count). The van der Waals surface area contributed by atoms with Crippen molar-refractivity contribution >= 4 is 33.4 Å². The molecule has 0 unspecified atom stereocenters. The first kappa shape index (κ1) is 28.0. The third-order valence-corrected chi connectivity index (χ3v) is 8.52. The zero-order chi connectivity index (χ0) is 26.3. The highest BCUT2D eigenvalue weighted by atomic mass is 35.5. The van der Waals surface area contributed by atoms with E-state index in [4.69, 9.17) is 16.3 Å². The van der Waals surface area contributed by atoms with Crippen LogP contribution in [0.4, 0.5) is 0 Å². The van der Waals surface area contributed by atoms with Crippen molar-refractivity contribution < 1.29 is 22.7 Å². The summed E-state index contributed by atoms with van der Waals surface area (Å²) in [5.74, 6) is -0.0547. The molecule has 0 bridgehead atoms. The van der Waals surface area contributed by atoms with Crippen molar-refractivity contribution in [1.82, 2.24) is 14.5 Å². The van der Waals surface area contributed by atoms with E-state index in [-0.39, 0.29) is 23.4 Å². The zero-order valence-corrected chi connectivity index (χ0v) is 22.5. The summed E-state index contributed by atoms with van der Waals surface area (Å²) in [6.45, 7) is 1.57. The number of sulfonamides is 1. The van der Waals surface area contributed by atoms with Crippen LogP contribution in [0.1, 0.15) is 44.6 Å². The predicted octanol–water partition coefficient (Wildman–Crippen LogP) is 3.84. The Kier molecular flexibility index (Phi) is 9.76. The predicted molar refractivity (Wildman–Crippen MR) is 139 cm³/mol. The van der Waals surface area contributed by atoms with Gasteiger partial charge in [-0.25, -0.2) is 8.42 Å². The second kappa shape index (κ2) is 12.6. The fraction of sp³-hybridized carbons (Fsp3) is 0.462. The molecule has 0 saturated heterocycles. The molecule has 0 aromatic heterocycles. The van der Waals surface area contributed by atoms with Crippen molar-refractivity contribution in [2.45, 2.75) is 62.6 Å². The molecule has 196 valence electrons. The topological polar surface area (TPSA) is 96.0 Å². The minimum atomic E-state index is -3.93. The summed E-state index contributed by atoms with van der Waals surface area (Å²) in [5, 5.41) is 3.50. The number of methoxy groups -OCH3 is 1. The van der Waals surface area contributed by atoms with Gasteiger partial charge in [-0.05, 0) is 61.2 Å². The number of halogens is 1. The highest BCUT2D eigenvalue weighted by Crippen LogP contribution is 2.22. The highest BCUT2D eigenvalue weighted by molar-refractivity contribution is 7.89. The van der Waals surface area contributed by atoms with Gasteiger partial charge < -0.3 is 15.0 Å². The standard InChI is InChI=1S/C26H34ClN3O5S/c1-4-24(26(32)28-21-9-5-6-10-21)30(17-19-8-7-11-22(16-19)35-3)25(31)18-29(2)36(33,34)23-14-12-20(27)13-15-23/h7-8,11-16,21,24H,4-6,9-10,17-18H2,1-3H3,(H,28,32)/t24-/m1/s1. The van der Waals surface area contributed by atoms with Crippen LogP contribution in [0, 0.1) is 0 Å². The van der Waals surface area contributed by atoms with Gasteiger partial charge in [0.05, 0.1) is 18.6 Å². The Morgan fingerprint density at radius 2 is 1.81 bits per heavy atom. The molecule has 2 aromatic carbocycles. The van der Waals surface area contributed by atoms with Crippen molar-refractivity contribution in [2.75, 3.05) is 20.7 Å². The molecule has 1 aliphatic carbocycles. The van der Waals surface area contributed by atoms with Gasteiger partial charge in [-0.3, -0.25) is 9.59 Å². The van der Waals surface area contributed by atoms with E-state index >= 15 is 0 Å². The van der Waals surface area contributed by atoms with Crippen LogP contribution in [0.2, 0.25) is 5.02 Å². The van der Waals surface area contributed by atoms with Crippen molar-refractivity contribution in [1.29, 1.82) is 0 Å². The number of benzene rings is 2. The number of carbonyl (C=O) groups excluding carboxylic acids is 2. The Morgan fingerprint density at radius 1 is 1.14 bits per heavy atom. The Morgan fingerprint density at radius 3 is 2.42 bits per heavy atom. The monoisotopic (exact) mass is 535 g/mol. The van der Waals surface area contributed by atoms with Gasteiger partial charge in [-0.2, -0.15) is 4.31 Å². The third-order valence-electron chi connectivity index (χ3n) is 6.45. The van der Waals surface area contributed by atoms with Crippen molar-refractivity contribution in [3.63, 3.8) is 0 Å². The lowest BCUT2D eigenvalue weighted by Gasteiger charge is -2.32. The maximum atomic E-state index is 13.6. The molecule has 1 fully saturated rings. The lowest BCUT2D eigenvalue weighted by atomic mass is 10.1. The summed E-state index contributed by atoms with van der Waals surface area (Å²) in [6, 6.07) is 12.4. The summed E-state index contributed by atoms with van der Waals surface area (Å²) in [5.41, 5.74) is 0.776. The molecule has 0 heterocycles. The van der Waals surface area contributed by atoms with E-state index in [0.717, 1.165) is 35.6 Å². The average Bonchev–Trinajstić information content (AvgIpc) is 3.37. The maximum Gasteiger partial charge on any atom is 0.243 e. The number of ether oxygens (including phenoxy) is 1. The Labute approximate surface area is 218 Å². The van der Waals surface area contributed by atoms with Gasteiger partial charge >= 0.3 is 0 Å². The number of likely N-dealkylation sites (N-methyl/N-ethyl adjacent to an activating group) is 1. The first-order valence-corrected chi connectivity index (χ1v) is 13.9. The average molecular weight is 536 g/mol. The number of carbonyl (C=O) groups is 2. The van der Waals surface area contributed by atoms with E-state index in [9.17, 15) is 18.0 Å². The van der Waals surface area contributed by atoms with E-state index in [1.165, 1.54) is 36.2 Å². The van der Waals surface area contributed by atoms with Crippen LogP contribution >= 0.6 is 11.6 Å². The van der Waals surface area contributed by atoms with Crippen LogP contribution in [0.25, 0.3) is 0 Å². The fourth-order valence-electron chi connectivity index (χ4n) is 4.41. The molecule has 36 heavy (non-hydrogen) atoms.